The summed E-state index contributed by atoms with van der Waals surface area (Å²) in [6, 6.07) is 12.1. The zero-order valence-corrected chi connectivity index (χ0v) is 14.0. The second-order valence-corrected chi connectivity index (χ2v) is 5.82. The second kappa shape index (κ2) is 7.47. The van der Waals surface area contributed by atoms with Crippen LogP contribution < -0.4 is 15.8 Å². The molecule has 0 radical (unpaired) electrons. The quantitative estimate of drug-likeness (QED) is 0.889. The van der Waals surface area contributed by atoms with E-state index in [9.17, 15) is 4.79 Å². The lowest BCUT2D eigenvalue weighted by Crippen LogP contribution is -2.41. The Kier molecular flexibility index (Phi) is 6.21. The van der Waals surface area contributed by atoms with E-state index in [1.54, 1.807) is 7.11 Å². The summed E-state index contributed by atoms with van der Waals surface area (Å²) >= 11 is 0. The Bertz CT molecular complexity index is 656. The minimum atomic E-state index is -0.537. The first kappa shape index (κ1) is 18.3. The van der Waals surface area contributed by atoms with Crippen LogP contribution in [-0.2, 0) is 11.3 Å². The van der Waals surface area contributed by atoms with Gasteiger partial charge in [0.15, 0.2) is 0 Å². The molecule has 0 saturated heterocycles. The van der Waals surface area contributed by atoms with Crippen molar-refractivity contribution in [1.29, 1.82) is 0 Å². The molecular formula is C17H23ClN2O2. The lowest BCUT2D eigenvalue weighted by molar-refractivity contribution is -0.129. The molecule has 0 aliphatic heterocycles. The molecule has 3 N–H and O–H groups in total. The number of amides is 1. The molecule has 0 saturated carbocycles. The third-order valence-corrected chi connectivity index (χ3v) is 3.69. The molecule has 22 heavy (non-hydrogen) atoms. The van der Waals surface area contributed by atoms with E-state index in [0.717, 1.165) is 22.1 Å². The number of hydrogen-bond acceptors (Lipinski definition) is 3. The van der Waals surface area contributed by atoms with Gasteiger partial charge in [-0.15, -0.1) is 12.4 Å². The Morgan fingerprint density at radius 1 is 1.18 bits per heavy atom. The van der Waals surface area contributed by atoms with Crippen molar-refractivity contribution in [2.45, 2.75) is 20.4 Å². The van der Waals surface area contributed by atoms with E-state index < -0.39 is 5.41 Å². The molecule has 0 spiro atoms. The van der Waals surface area contributed by atoms with E-state index in [1.165, 1.54) is 0 Å². The van der Waals surface area contributed by atoms with Gasteiger partial charge in [0.05, 0.1) is 12.5 Å². The Labute approximate surface area is 137 Å². The first-order chi connectivity index (χ1) is 9.96. The van der Waals surface area contributed by atoms with Crippen molar-refractivity contribution in [3.63, 3.8) is 0 Å². The standard InChI is InChI=1S/C17H22N2O2.ClH/c1-17(2,11-18)16(20)19-10-12-4-5-14-9-15(21-3)7-6-13(14)8-12;/h4-9H,10-11,18H2,1-3H3,(H,19,20);1H. The molecule has 4 nitrogen and oxygen atoms in total. The van der Waals surface area contributed by atoms with Gasteiger partial charge in [-0.3, -0.25) is 4.79 Å². The van der Waals surface area contributed by atoms with Crippen LogP contribution in [0.1, 0.15) is 19.4 Å². The van der Waals surface area contributed by atoms with Crippen LogP contribution >= 0.6 is 12.4 Å². The molecule has 0 heterocycles. The maximum Gasteiger partial charge on any atom is 0.227 e. The first-order valence-corrected chi connectivity index (χ1v) is 7.01. The molecule has 120 valence electrons. The van der Waals surface area contributed by atoms with Crippen molar-refractivity contribution in [2.75, 3.05) is 13.7 Å². The molecule has 2 rings (SSSR count). The number of carbonyl (C=O) groups is 1. The Morgan fingerprint density at radius 3 is 2.45 bits per heavy atom. The fourth-order valence-corrected chi connectivity index (χ4v) is 2.02. The largest absolute Gasteiger partial charge is 0.497 e. The molecule has 0 aliphatic rings. The maximum atomic E-state index is 12.0. The van der Waals surface area contributed by atoms with E-state index >= 15 is 0 Å². The first-order valence-electron chi connectivity index (χ1n) is 7.01. The average molecular weight is 323 g/mol. The minimum Gasteiger partial charge on any atom is -0.497 e. The fraction of sp³-hybridized carbons (Fsp3) is 0.353. The van der Waals surface area contributed by atoms with Crippen LogP contribution in [0.15, 0.2) is 36.4 Å². The smallest absolute Gasteiger partial charge is 0.227 e. The van der Waals surface area contributed by atoms with Gasteiger partial charge in [-0.25, -0.2) is 0 Å². The Morgan fingerprint density at radius 2 is 1.82 bits per heavy atom. The third kappa shape index (κ3) is 4.12. The van der Waals surface area contributed by atoms with E-state index in [1.807, 2.05) is 44.2 Å². The monoisotopic (exact) mass is 322 g/mol. The molecular weight excluding hydrogens is 300 g/mol. The molecule has 5 heteroatoms. The van der Waals surface area contributed by atoms with Gasteiger partial charge in [0.2, 0.25) is 5.91 Å². The summed E-state index contributed by atoms with van der Waals surface area (Å²) in [7, 11) is 1.66. The average Bonchev–Trinajstić information content (AvgIpc) is 2.51. The predicted octanol–water partition coefficient (Wildman–Crippen LogP) is 2.87. The number of benzene rings is 2. The van der Waals surface area contributed by atoms with Crippen molar-refractivity contribution in [3.8, 4) is 5.75 Å². The van der Waals surface area contributed by atoms with Crippen LogP contribution in [0.3, 0.4) is 0 Å². The summed E-state index contributed by atoms with van der Waals surface area (Å²) < 4.78 is 5.21. The van der Waals surface area contributed by atoms with Crippen molar-refractivity contribution < 1.29 is 9.53 Å². The highest BCUT2D eigenvalue weighted by molar-refractivity contribution is 5.85. The van der Waals surface area contributed by atoms with Crippen LogP contribution in [0.4, 0.5) is 0 Å². The summed E-state index contributed by atoms with van der Waals surface area (Å²) in [5, 5.41) is 5.18. The molecule has 0 atom stereocenters. The van der Waals surface area contributed by atoms with Crippen LogP contribution in [0.25, 0.3) is 10.8 Å². The fourth-order valence-electron chi connectivity index (χ4n) is 2.02. The highest BCUT2D eigenvalue weighted by Gasteiger charge is 2.25. The summed E-state index contributed by atoms with van der Waals surface area (Å²) in [5.74, 6) is 0.813. The zero-order chi connectivity index (χ0) is 15.5. The van der Waals surface area contributed by atoms with Crippen molar-refractivity contribution in [2.24, 2.45) is 11.1 Å². The number of ether oxygens (including phenoxy) is 1. The lowest BCUT2D eigenvalue weighted by Gasteiger charge is -2.21. The summed E-state index contributed by atoms with van der Waals surface area (Å²) in [6.07, 6.45) is 0. The number of hydrogen-bond donors (Lipinski definition) is 2. The van der Waals surface area contributed by atoms with Crippen molar-refractivity contribution >= 4 is 29.1 Å². The van der Waals surface area contributed by atoms with Gasteiger partial charge < -0.3 is 15.8 Å². The normalized spacial score (nSPS) is 10.9. The summed E-state index contributed by atoms with van der Waals surface area (Å²) in [4.78, 5) is 12.0. The van der Waals surface area contributed by atoms with E-state index in [0.29, 0.717) is 13.1 Å². The zero-order valence-electron chi connectivity index (χ0n) is 13.2. The Hall–Kier alpha value is -1.78. The highest BCUT2D eigenvalue weighted by atomic mass is 35.5. The second-order valence-electron chi connectivity index (χ2n) is 5.82. The number of methoxy groups -OCH3 is 1. The lowest BCUT2D eigenvalue weighted by atomic mass is 9.92. The van der Waals surface area contributed by atoms with Crippen LogP contribution in [-0.4, -0.2) is 19.6 Å². The molecule has 0 bridgehead atoms. The van der Waals surface area contributed by atoms with Crippen LogP contribution in [0.2, 0.25) is 0 Å². The van der Waals surface area contributed by atoms with Crippen LogP contribution in [0.5, 0.6) is 5.75 Å². The topological polar surface area (TPSA) is 64.3 Å². The summed E-state index contributed by atoms with van der Waals surface area (Å²) in [5.41, 5.74) is 6.13. The molecule has 2 aromatic rings. The molecule has 2 aromatic carbocycles. The number of halogens is 1. The van der Waals surface area contributed by atoms with Gasteiger partial charge >= 0.3 is 0 Å². The SMILES string of the molecule is COc1ccc2cc(CNC(=O)C(C)(C)CN)ccc2c1.Cl. The predicted molar refractivity (Wildman–Crippen MR) is 92.4 cm³/mol. The summed E-state index contributed by atoms with van der Waals surface area (Å²) in [6.45, 7) is 4.52. The molecule has 0 aromatic heterocycles. The number of carbonyl (C=O) groups excluding carboxylic acids is 1. The maximum absolute atomic E-state index is 12.0. The number of nitrogens with two attached hydrogens (primary N) is 1. The van der Waals surface area contributed by atoms with E-state index in [-0.39, 0.29) is 18.3 Å². The van der Waals surface area contributed by atoms with Gasteiger partial charge in [-0.1, -0.05) is 18.2 Å². The van der Waals surface area contributed by atoms with Gasteiger partial charge in [0.25, 0.3) is 0 Å². The van der Waals surface area contributed by atoms with E-state index in [2.05, 4.69) is 11.4 Å². The van der Waals surface area contributed by atoms with Crippen molar-refractivity contribution in [1.82, 2.24) is 5.32 Å². The van der Waals surface area contributed by atoms with Gasteiger partial charge in [0.1, 0.15) is 5.75 Å². The van der Waals surface area contributed by atoms with Gasteiger partial charge in [-0.2, -0.15) is 0 Å². The van der Waals surface area contributed by atoms with Gasteiger partial charge in [-0.05, 0) is 48.4 Å². The minimum absolute atomic E-state index is 0. The number of rotatable bonds is 5. The molecule has 1 amide bonds. The third-order valence-electron chi connectivity index (χ3n) is 3.69. The number of fused-ring (bicyclic) bond motifs is 1. The molecule has 0 aliphatic carbocycles. The number of nitrogens with one attached hydrogen (secondary N) is 1. The Balaban J connectivity index is 0.00000242. The van der Waals surface area contributed by atoms with Crippen LogP contribution in [0, 0.1) is 5.41 Å². The van der Waals surface area contributed by atoms with E-state index in [4.69, 9.17) is 10.5 Å². The highest BCUT2D eigenvalue weighted by Crippen LogP contribution is 2.22. The molecule has 0 unspecified atom stereocenters. The van der Waals surface area contributed by atoms with Gasteiger partial charge in [0, 0.05) is 13.1 Å². The molecule has 0 fully saturated rings. The van der Waals surface area contributed by atoms with Crippen molar-refractivity contribution in [3.05, 3.63) is 42.0 Å².